The first-order valence-electron chi connectivity index (χ1n) is 5.19. The van der Waals surface area contributed by atoms with E-state index < -0.39 is 0 Å². The maximum Gasteiger partial charge on any atom is 0.261 e. The molecule has 0 saturated carbocycles. The molecule has 0 fully saturated rings. The van der Waals surface area contributed by atoms with Crippen molar-refractivity contribution in [3.05, 3.63) is 11.6 Å². The molecule has 2 rings (SSSR count). The molecule has 86 valence electrons. The van der Waals surface area contributed by atoms with Crippen molar-refractivity contribution in [1.29, 1.82) is 0 Å². The van der Waals surface area contributed by atoms with E-state index in [2.05, 4.69) is 25.1 Å². The van der Waals surface area contributed by atoms with E-state index in [9.17, 15) is 0 Å². The summed E-state index contributed by atoms with van der Waals surface area (Å²) in [6, 6.07) is 0. The van der Waals surface area contributed by atoms with E-state index in [4.69, 9.17) is 4.42 Å². The Morgan fingerprint density at radius 3 is 2.88 bits per heavy atom. The Balaban J connectivity index is 2.18. The maximum atomic E-state index is 5.52. The van der Waals surface area contributed by atoms with Gasteiger partial charge in [-0.15, -0.1) is 15.3 Å². The standard InChI is InChI=1S/C9H13N5OS/c1-3-6-8(16-14-11-6)9-13-12-7(15-9)5-10-4-2/h10H,3-5H2,1-2H3. The Morgan fingerprint density at radius 2 is 2.12 bits per heavy atom. The normalized spacial score (nSPS) is 10.9. The molecule has 0 amide bonds. The average molecular weight is 239 g/mol. The highest BCUT2D eigenvalue weighted by Gasteiger charge is 2.15. The van der Waals surface area contributed by atoms with Crippen LogP contribution in [0, 0.1) is 0 Å². The van der Waals surface area contributed by atoms with Crippen molar-refractivity contribution in [2.45, 2.75) is 26.8 Å². The summed E-state index contributed by atoms with van der Waals surface area (Å²) >= 11 is 1.29. The van der Waals surface area contributed by atoms with E-state index in [1.165, 1.54) is 11.5 Å². The van der Waals surface area contributed by atoms with Gasteiger partial charge in [0.25, 0.3) is 5.89 Å². The van der Waals surface area contributed by atoms with Crippen LogP contribution in [0.2, 0.25) is 0 Å². The summed E-state index contributed by atoms with van der Waals surface area (Å²) in [4.78, 5) is 0.873. The van der Waals surface area contributed by atoms with Crippen molar-refractivity contribution in [3.63, 3.8) is 0 Å². The number of hydrogen-bond acceptors (Lipinski definition) is 7. The predicted octanol–water partition coefficient (Wildman–Crippen LogP) is 1.26. The molecule has 16 heavy (non-hydrogen) atoms. The second-order valence-electron chi connectivity index (χ2n) is 3.18. The molecular formula is C9H13N5OS. The first-order chi connectivity index (χ1) is 7.85. The summed E-state index contributed by atoms with van der Waals surface area (Å²) in [5, 5.41) is 15.1. The fraction of sp³-hybridized carbons (Fsp3) is 0.556. The van der Waals surface area contributed by atoms with Crippen molar-refractivity contribution in [3.8, 4) is 10.8 Å². The van der Waals surface area contributed by atoms with Crippen LogP contribution in [-0.4, -0.2) is 26.3 Å². The second-order valence-corrected chi connectivity index (χ2v) is 3.94. The second kappa shape index (κ2) is 5.13. The van der Waals surface area contributed by atoms with Crippen molar-refractivity contribution < 1.29 is 4.42 Å². The van der Waals surface area contributed by atoms with Gasteiger partial charge in [-0.25, -0.2) is 0 Å². The van der Waals surface area contributed by atoms with Crippen LogP contribution in [0.3, 0.4) is 0 Å². The zero-order valence-electron chi connectivity index (χ0n) is 9.23. The highest BCUT2D eigenvalue weighted by molar-refractivity contribution is 7.09. The number of nitrogens with one attached hydrogen (secondary N) is 1. The van der Waals surface area contributed by atoms with E-state index in [0.29, 0.717) is 18.3 Å². The first-order valence-corrected chi connectivity index (χ1v) is 5.97. The molecule has 1 N–H and O–H groups in total. The van der Waals surface area contributed by atoms with E-state index in [-0.39, 0.29) is 0 Å². The topological polar surface area (TPSA) is 76.7 Å². The summed E-state index contributed by atoms with van der Waals surface area (Å²) in [7, 11) is 0. The predicted molar refractivity (Wildman–Crippen MR) is 60.0 cm³/mol. The summed E-state index contributed by atoms with van der Waals surface area (Å²) in [6.45, 7) is 5.52. The summed E-state index contributed by atoms with van der Waals surface area (Å²) in [6.07, 6.45) is 0.816. The van der Waals surface area contributed by atoms with Crippen molar-refractivity contribution in [2.75, 3.05) is 6.54 Å². The van der Waals surface area contributed by atoms with Gasteiger partial charge < -0.3 is 9.73 Å². The molecule has 0 radical (unpaired) electrons. The molecule has 0 saturated heterocycles. The third kappa shape index (κ3) is 2.25. The quantitative estimate of drug-likeness (QED) is 0.846. The fourth-order valence-corrected chi connectivity index (χ4v) is 1.92. The van der Waals surface area contributed by atoms with Gasteiger partial charge in [0.05, 0.1) is 12.2 Å². The third-order valence-corrected chi connectivity index (χ3v) is 2.83. The minimum Gasteiger partial charge on any atom is -0.418 e. The number of aryl methyl sites for hydroxylation is 1. The zero-order chi connectivity index (χ0) is 11.4. The van der Waals surface area contributed by atoms with Crippen LogP contribution in [-0.2, 0) is 13.0 Å². The molecule has 0 aliphatic rings. The van der Waals surface area contributed by atoms with Crippen molar-refractivity contribution in [1.82, 2.24) is 25.1 Å². The third-order valence-electron chi connectivity index (χ3n) is 2.08. The molecule has 2 aromatic rings. The maximum absolute atomic E-state index is 5.52. The average Bonchev–Trinajstić information content (AvgIpc) is 2.94. The minimum absolute atomic E-state index is 0.514. The van der Waals surface area contributed by atoms with Gasteiger partial charge >= 0.3 is 0 Å². The van der Waals surface area contributed by atoms with Crippen LogP contribution in [0.15, 0.2) is 4.42 Å². The van der Waals surface area contributed by atoms with Gasteiger partial charge in [0.2, 0.25) is 5.89 Å². The summed E-state index contributed by atoms with van der Waals surface area (Å²) < 4.78 is 9.41. The number of nitrogens with zero attached hydrogens (tertiary/aromatic N) is 4. The monoisotopic (exact) mass is 239 g/mol. The molecule has 7 heteroatoms. The molecule has 0 spiro atoms. The molecule has 0 aliphatic carbocycles. The van der Waals surface area contributed by atoms with Crippen molar-refractivity contribution >= 4 is 11.5 Å². The fourth-order valence-electron chi connectivity index (χ4n) is 1.25. The van der Waals surface area contributed by atoms with Crippen LogP contribution in [0.5, 0.6) is 0 Å². The SMILES string of the molecule is CCNCc1nnc(-c2snnc2CC)o1. The largest absolute Gasteiger partial charge is 0.418 e. The Kier molecular flexibility index (Phi) is 3.58. The molecule has 2 heterocycles. The Hall–Kier alpha value is -1.34. The molecule has 0 aliphatic heterocycles. The van der Waals surface area contributed by atoms with Crippen LogP contribution in [0.4, 0.5) is 0 Å². The van der Waals surface area contributed by atoms with E-state index in [0.717, 1.165) is 23.5 Å². The van der Waals surface area contributed by atoms with Crippen LogP contribution >= 0.6 is 11.5 Å². The van der Waals surface area contributed by atoms with Crippen LogP contribution in [0.1, 0.15) is 25.4 Å². The Morgan fingerprint density at radius 1 is 1.25 bits per heavy atom. The number of hydrogen-bond donors (Lipinski definition) is 1. The minimum atomic E-state index is 0.514. The van der Waals surface area contributed by atoms with E-state index in [1.807, 2.05) is 13.8 Å². The van der Waals surface area contributed by atoms with Gasteiger partial charge in [-0.05, 0) is 24.5 Å². The van der Waals surface area contributed by atoms with Gasteiger partial charge in [0, 0.05) is 0 Å². The van der Waals surface area contributed by atoms with Crippen LogP contribution < -0.4 is 5.32 Å². The van der Waals surface area contributed by atoms with Gasteiger partial charge in [-0.3, -0.25) is 0 Å². The first kappa shape index (κ1) is 11.2. The lowest BCUT2D eigenvalue weighted by Gasteiger charge is -1.93. The lowest BCUT2D eigenvalue weighted by molar-refractivity contribution is 0.482. The highest BCUT2D eigenvalue weighted by atomic mass is 32.1. The summed E-state index contributed by atoms with van der Waals surface area (Å²) in [5.74, 6) is 1.10. The lowest BCUT2D eigenvalue weighted by atomic mass is 10.3. The van der Waals surface area contributed by atoms with Crippen LogP contribution in [0.25, 0.3) is 10.8 Å². The molecule has 0 unspecified atom stereocenters. The van der Waals surface area contributed by atoms with Gasteiger partial charge in [0.1, 0.15) is 4.88 Å². The number of aromatic nitrogens is 4. The molecule has 0 bridgehead atoms. The molecule has 6 nitrogen and oxygen atoms in total. The molecular weight excluding hydrogens is 226 g/mol. The zero-order valence-corrected chi connectivity index (χ0v) is 10.0. The Labute approximate surface area is 97.3 Å². The smallest absolute Gasteiger partial charge is 0.261 e. The van der Waals surface area contributed by atoms with Crippen molar-refractivity contribution in [2.24, 2.45) is 0 Å². The van der Waals surface area contributed by atoms with E-state index in [1.54, 1.807) is 0 Å². The highest BCUT2D eigenvalue weighted by Crippen LogP contribution is 2.24. The van der Waals surface area contributed by atoms with Gasteiger partial charge in [0.15, 0.2) is 0 Å². The molecule has 0 atom stereocenters. The molecule has 2 aromatic heterocycles. The van der Waals surface area contributed by atoms with E-state index >= 15 is 0 Å². The number of rotatable bonds is 5. The molecule has 0 aromatic carbocycles. The van der Waals surface area contributed by atoms with Gasteiger partial charge in [-0.1, -0.05) is 18.3 Å². The van der Waals surface area contributed by atoms with Gasteiger partial charge in [-0.2, -0.15) is 0 Å². The lowest BCUT2D eigenvalue weighted by Crippen LogP contribution is -2.11. The summed E-state index contributed by atoms with van der Waals surface area (Å²) in [5.41, 5.74) is 0.906. The Bertz CT molecular complexity index is 452.